The fourth-order valence-electron chi connectivity index (χ4n) is 3.23. The van der Waals surface area contributed by atoms with Crippen molar-refractivity contribution in [3.63, 3.8) is 0 Å². The van der Waals surface area contributed by atoms with Crippen molar-refractivity contribution in [3.8, 4) is 5.75 Å². The standard InChI is InChI=1S/C24H15BrCl2N2O5S/c25-19-9-16(10-20(27)22(19)34-13-15-3-7-18(8-4-15)29(32)33)11-21-23(30)28(24(31)35-21)12-14-1-5-17(26)6-2-14/h1-11H,12-13H2/b21-11+. The van der Waals surface area contributed by atoms with Gasteiger partial charge in [0.25, 0.3) is 16.8 Å². The molecule has 11 heteroatoms. The molecule has 1 saturated heterocycles. The highest BCUT2D eigenvalue weighted by molar-refractivity contribution is 9.10. The van der Waals surface area contributed by atoms with Crippen LogP contribution in [0.1, 0.15) is 16.7 Å². The molecule has 0 spiro atoms. The maximum absolute atomic E-state index is 12.8. The van der Waals surface area contributed by atoms with Gasteiger partial charge in [-0.1, -0.05) is 35.3 Å². The van der Waals surface area contributed by atoms with Gasteiger partial charge in [-0.15, -0.1) is 0 Å². The average Bonchev–Trinajstić information content (AvgIpc) is 3.07. The Morgan fingerprint density at radius 1 is 1.03 bits per heavy atom. The largest absolute Gasteiger partial charge is 0.486 e. The quantitative estimate of drug-likeness (QED) is 0.160. The van der Waals surface area contributed by atoms with E-state index in [1.54, 1.807) is 54.6 Å². The number of nitro groups is 1. The van der Waals surface area contributed by atoms with Crippen molar-refractivity contribution in [2.45, 2.75) is 13.2 Å². The summed E-state index contributed by atoms with van der Waals surface area (Å²) >= 11 is 16.6. The molecule has 1 heterocycles. The fourth-order valence-corrected chi connectivity index (χ4v) is 5.18. The van der Waals surface area contributed by atoms with E-state index in [4.69, 9.17) is 27.9 Å². The molecule has 0 unspecified atom stereocenters. The summed E-state index contributed by atoms with van der Waals surface area (Å²) in [4.78, 5) is 37.0. The van der Waals surface area contributed by atoms with Gasteiger partial charge in [0.05, 0.1) is 25.9 Å². The van der Waals surface area contributed by atoms with E-state index in [9.17, 15) is 19.7 Å². The minimum Gasteiger partial charge on any atom is -0.486 e. The van der Waals surface area contributed by atoms with Crippen LogP contribution in [0.4, 0.5) is 10.5 Å². The van der Waals surface area contributed by atoms with Gasteiger partial charge in [0.1, 0.15) is 6.61 Å². The molecule has 1 fully saturated rings. The normalized spacial score (nSPS) is 14.6. The number of hydrogen-bond acceptors (Lipinski definition) is 6. The number of ether oxygens (including phenoxy) is 1. The van der Waals surface area contributed by atoms with Crippen molar-refractivity contribution < 1.29 is 19.2 Å². The SMILES string of the molecule is O=C1S/C(=C/c2cc(Cl)c(OCc3ccc([N+](=O)[O-])cc3)c(Br)c2)C(=O)N1Cc1ccc(Cl)cc1. The van der Waals surface area contributed by atoms with Gasteiger partial charge in [0.2, 0.25) is 0 Å². The van der Waals surface area contributed by atoms with Crippen LogP contribution >= 0.6 is 50.9 Å². The summed E-state index contributed by atoms with van der Waals surface area (Å²) in [5, 5.41) is 11.3. The summed E-state index contributed by atoms with van der Waals surface area (Å²) in [6, 6.07) is 16.3. The zero-order valence-corrected chi connectivity index (χ0v) is 21.7. The monoisotopic (exact) mass is 592 g/mol. The summed E-state index contributed by atoms with van der Waals surface area (Å²) in [5.74, 6) is -0.00120. The van der Waals surface area contributed by atoms with Gasteiger partial charge in [0.15, 0.2) is 5.75 Å². The molecule has 1 aliphatic rings. The van der Waals surface area contributed by atoms with Gasteiger partial charge in [-0.05, 0) is 86.9 Å². The third-order valence-corrected chi connectivity index (χ3v) is 7.01. The Morgan fingerprint density at radius 3 is 2.31 bits per heavy atom. The Morgan fingerprint density at radius 2 is 1.69 bits per heavy atom. The van der Waals surface area contributed by atoms with E-state index in [0.717, 1.165) is 22.9 Å². The van der Waals surface area contributed by atoms with Crippen LogP contribution in [0, 0.1) is 10.1 Å². The number of halogens is 3. The van der Waals surface area contributed by atoms with Gasteiger partial charge in [-0.2, -0.15) is 0 Å². The molecule has 3 aromatic rings. The zero-order chi connectivity index (χ0) is 25.1. The van der Waals surface area contributed by atoms with Crippen LogP contribution in [0.15, 0.2) is 70.0 Å². The highest BCUT2D eigenvalue weighted by Crippen LogP contribution is 2.38. The third-order valence-electron chi connectivity index (χ3n) is 4.98. The Bertz CT molecular complexity index is 1320. The number of amides is 2. The van der Waals surface area contributed by atoms with Crippen molar-refractivity contribution >= 4 is 73.8 Å². The molecule has 2 amide bonds. The lowest BCUT2D eigenvalue weighted by Gasteiger charge is -2.12. The number of carbonyl (C=O) groups excluding carboxylic acids is 2. The lowest BCUT2D eigenvalue weighted by molar-refractivity contribution is -0.384. The average molecular weight is 594 g/mol. The van der Waals surface area contributed by atoms with Gasteiger partial charge in [0, 0.05) is 17.2 Å². The first-order chi connectivity index (χ1) is 16.7. The van der Waals surface area contributed by atoms with Crippen LogP contribution < -0.4 is 4.74 Å². The number of thioether (sulfide) groups is 1. The molecule has 35 heavy (non-hydrogen) atoms. The van der Waals surface area contributed by atoms with Gasteiger partial charge < -0.3 is 4.74 Å². The van der Waals surface area contributed by atoms with E-state index in [1.807, 2.05) is 0 Å². The molecule has 0 saturated carbocycles. The first-order valence-electron chi connectivity index (χ1n) is 10.1. The minimum absolute atomic E-state index is 0.00473. The van der Waals surface area contributed by atoms with E-state index in [0.29, 0.717) is 25.8 Å². The highest BCUT2D eigenvalue weighted by atomic mass is 79.9. The zero-order valence-electron chi connectivity index (χ0n) is 17.7. The molecular weight excluding hydrogens is 579 g/mol. The van der Waals surface area contributed by atoms with Gasteiger partial charge in [-0.25, -0.2) is 0 Å². The molecule has 0 N–H and O–H groups in total. The Hall–Kier alpha value is -2.85. The number of imide groups is 1. The molecule has 7 nitrogen and oxygen atoms in total. The molecule has 1 aliphatic heterocycles. The first kappa shape index (κ1) is 25.2. The van der Waals surface area contributed by atoms with Crippen molar-refractivity contribution in [1.29, 1.82) is 0 Å². The lowest BCUT2D eigenvalue weighted by Crippen LogP contribution is -2.27. The summed E-state index contributed by atoms with van der Waals surface area (Å²) in [7, 11) is 0. The summed E-state index contributed by atoms with van der Waals surface area (Å²) < 4.78 is 6.35. The number of rotatable bonds is 7. The third kappa shape index (κ3) is 6.05. The fraction of sp³-hybridized carbons (Fsp3) is 0.0833. The Labute approximate surface area is 222 Å². The van der Waals surface area contributed by atoms with Crippen LogP contribution in [0.5, 0.6) is 5.75 Å². The summed E-state index contributed by atoms with van der Waals surface area (Å²) in [5.41, 5.74) is 2.13. The second-order valence-corrected chi connectivity index (χ2v) is 10.1. The second kappa shape index (κ2) is 10.8. The Kier molecular flexibility index (Phi) is 7.81. The molecule has 3 aromatic carbocycles. The summed E-state index contributed by atoms with van der Waals surface area (Å²) in [6.07, 6.45) is 1.60. The molecule has 0 radical (unpaired) electrons. The molecular formula is C24H15BrCl2N2O5S. The lowest BCUT2D eigenvalue weighted by atomic mass is 10.2. The number of benzene rings is 3. The highest BCUT2D eigenvalue weighted by Gasteiger charge is 2.35. The van der Waals surface area contributed by atoms with Gasteiger partial charge >= 0.3 is 0 Å². The van der Waals surface area contributed by atoms with Crippen LogP contribution in [-0.4, -0.2) is 21.0 Å². The molecule has 0 atom stereocenters. The molecule has 0 aliphatic carbocycles. The number of hydrogen-bond donors (Lipinski definition) is 0. The predicted molar refractivity (Wildman–Crippen MR) is 140 cm³/mol. The number of nitro benzene ring substituents is 1. The molecule has 4 rings (SSSR count). The molecule has 0 aromatic heterocycles. The van der Waals surface area contributed by atoms with Crippen molar-refractivity contribution in [3.05, 3.63) is 107 Å². The maximum atomic E-state index is 12.8. The number of carbonyl (C=O) groups is 2. The molecule has 178 valence electrons. The van der Waals surface area contributed by atoms with E-state index in [1.165, 1.54) is 17.0 Å². The van der Waals surface area contributed by atoms with E-state index in [2.05, 4.69) is 15.9 Å². The van der Waals surface area contributed by atoms with Crippen molar-refractivity contribution in [2.24, 2.45) is 0 Å². The second-order valence-electron chi connectivity index (χ2n) is 7.42. The minimum atomic E-state index is -0.469. The van der Waals surface area contributed by atoms with Crippen LogP contribution in [0.3, 0.4) is 0 Å². The maximum Gasteiger partial charge on any atom is 0.293 e. The predicted octanol–water partition coefficient (Wildman–Crippen LogP) is 7.48. The van der Waals surface area contributed by atoms with Crippen molar-refractivity contribution in [1.82, 2.24) is 4.90 Å². The van der Waals surface area contributed by atoms with Crippen LogP contribution in [-0.2, 0) is 17.9 Å². The topological polar surface area (TPSA) is 89.7 Å². The van der Waals surface area contributed by atoms with E-state index < -0.39 is 4.92 Å². The summed E-state index contributed by atoms with van der Waals surface area (Å²) in [6.45, 7) is 0.304. The van der Waals surface area contributed by atoms with Gasteiger partial charge in [-0.3, -0.25) is 24.6 Å². The number of non-ortho nitro benzene ring substituents is 1. The van der Waals surface area contributed by atoms with Crippen LogP contribution in [0.25, 0.3) is 6.08 Å². The van der Waals surface area contributed by atoms with Crippen LogP contribution in [0.2, 0.25) is 10.0 Å². The van der Waals surface area contributed by atoms with E-state index >= 15 is 0 Å². The van der Waals surface area contributed by atoms with Crippen molar-refractivity contribution in [2.75, 3.05) is 0 Å². The van der Waals surface area contributed by atoms with E-state index in [-0.39, 0.29) is 34.9 Å². The smallest absolute Gasteiger partial charge is 0.293 e. The Balaban J connectivity index is 1.47. The number of nitrogens with zero attached hydrogens (tertiary/aromatic N) is 2. The molecule has 0 bridgehead atoms. The first-order valence-corrected chi connectivity index (χ1v) is 12.4.